The number of allylic oxidation sites excluding steroid dienone is 1. The second-order valence-corrected chi connectivity index (χ2v) is 8.46. The van der Waals surface area contributed by atoms with E-state index in [0.717, 1.165) is 27.0 Å². The van der Waals surface area contributed by atoms with Gasteiger partial charge in [0.05, 0.1) is 10.6 Å². The predicted octanol–water partition coefficient (Wildman–Crippen LogP) is 6.35. The molecule has 1 amide bonds. The van der Waals surface area contributed by atoms with E-state index in [2.05, 4.69) is 20.9 Å². The number of carbonyl (C=O) groups excluding carboxylic acids is 1. The summed E-state index contributed by atoms with van der Waals surface area (Å²) in [6.07, 6.45) is 0. The van der Waals surface area contributed by atoms with Crippen LogP contribution in [0.3, 0.4) is 0 Å². The number of rotatable bonds is 3. The number of pyridine rings is 1. The van der Waals surface area contributed by atoms with Crippen LogP contribution in [0.1, 0.15) is 18.2 Å². The van der Waals surface area contributed by atoms with Gasteiger partial charge in [0.1, 0.15) is 0 Å². The summed E-state index contributed by atoms with van der Waals surface area (Å²) in [5, 5.41) is 0.603. The number of hydrogen-bond donors (Lipinski definition) is 0. The van der Waals surface area contributed by atoms with E-state index in [9.17, 15) is 4.79 Å². The SMILES string of the molecule is C/C(=C1/S/C(=N/c2cccc(C)n2)N(c2ccccc2)C1=O)c1ccc(Br)cc1. The van der Waals surface area contributed by atoms with E-state index in [-0.39, 0.29) is 5.91 Å². The van der Waals surface area contributed by atoms with E-state index >= 15 is 0 Å². The first-order valence-electron chi connectivity index (χ1n) is 9.09. The Bertz CT molecular complexity index is 1120. The summed E-state index contributed by atoms with van der Waals surface area (Å²) < 4.78 is 1.00. The molecule has 0 aliphatic carbocycles. The highest BCUT2D eigenvalue weighted by Crippen LogP contribution is 2.40. The molecule has 1 aromatic heterocycles. The fraction of sp³-hybridized carbons (Fsp3) is 0.0870. The maximum absolute atomic E-state index is 13.4. The standard InChI is InChI=1S/C23H18BrN3OS/c1-15-7-6-10-20(25-15)26-23-27(19-8-4-3-5-9-19)22(28)21(29-23)16(2)17-11-13-18(24)14-12-17/h3-14H,1-2H3/b21-16-,26-23+. The average Bonchev–Trinajstić information content (AvgIpc) is 3.04. The van der Waals surface area contributed by atoms with Gasteiger partial charge < -0.3 is 0 Å². The van der Waals surface area contributed by atoms with Crippen LogP contribution in [0.4, 0.5) is 11.5 Å². The van der Waals surface area contributed by atoms with E-state index in [1.165, 1.54) is 11.8 Å². The Kier molecular flexibility index (Phi) is 5.65. The van der Waals surface area contributed by atoms with Gasteiger partial charge >= 0.3 is 0 Å². The van der Waals surface area contributed by atoms with Crippen LogP contribution in [0.25, 0.3) is 5.57 Å². The summed E-state index contributed by atoms with van der Waals surface area (Å²) in [4.78, 5) is 24.9. The van der Waals surface area contributed by atoms with Crippen molar-refractivity contribution in [3.63, 3.8) is 0 Å². The Morgan fingerprint density at radius 2 is 1.72 bits per heavy atom. The third kappa shape index (κ3) is 4.18. The Morgan fingerprint density at radius 1 is 1.00 bits per heavy atom. The molecule has 1 aliphatic heterocycles. The third-order valence-corrected chi connectivity index (χ3v) is 6.17. The normalized spacial score (nSPS) is 17.1. The number of thioether (sulfide) groups is 1. The van der Waals surface area contributed by atoms with E-state index < -0.39 is 0 Å². The topological polar surface area (TPSA) is 45.6 Å². The van der Waals surface area contributed by atoms with E-state index in [4.69, 9.17) is 4.99 Å². The lowest BCUT2D eigenvalue weighted by Crippen LogP contribution is -2.28. The van der Waals surface area contributed by atoms with Gasteiger partial charge in [0.15, 0.2) is 11.0 Å². The quantitative estimate of drug-likeness (QED) is 0.425. The van der Waals surface area contributed by atoms with Crippen LogP contribution in [0.15, 0.2) is 87.2 Å². The minimum atomic E-state index is -0.0759. The number of anilines is 1. The molecule has 0 N–H and O–H groups in total. The third-order valence-electron chi connectivity index (χ3n) is 4.50. The Hall–Kier alpha value is -2.70. The molecular formula is C23H18BrN3OS. The van der Waals surface area contributed by atoms with Crippen LogP contribution in [0, 0.1) is 6.92 Å². The van der Waals surface area contributed by atoms with E-state index in [0.29, 0.717) is 15.9 Å². The predicted molar refractivity (Wildman–Crippen MR) is 124 cm³/mol. The zero-order valence-corrected chi connectivity index (χ0v) is 18.4. The minimum Gasteiger partial charge on any atom is -0.268 e. The highest BCUT2D eigenvalue weighted by atomic mass is 79.9. The summed E-state index contributed by atoms with van der Waals surface area (Å²) >= 11 is 4.84. The van der Waals surface area contributed by atoms with Crippen LogP contribution in [0.5, 0.6) is 0 Å². The lowest BCUT2D eigenvalue weighted by molar-refractivity contribution is -0.113. The highest BCUT2D eigenvalue weighted by Gasteiger charge is 2.36. The van der Waals surface area contributed by atoms with Crippen molar-refractivity contribution in [3.8, 4) is 0 Å². The number of nitrogens with zero attached hydrogens (tertiary/aromatic N) is 3. The molecule has 2 aromatic carbocycles. The molecule has 1 aliphatic rings. The summed E-state index contributed by atoms with van der Waals surface area (Å²) in [7, 11) is 0. The number of aliphatic imine (C=N–C) groups is 1. The summed E-state index contributed by atoms with van der Waals surface area (Å²) in [6, 6.07) is 23.2. The molecule has 0 saturated carbocycles. The lowest BCUT2D eigenvalue weighted by atomic mass is 10.1. The molecule has 0 unspecified atom stereocenters. The second-order valence-electron chi connectivity index (χ2n) is 6.57. The largest absolute Gasteiger partial charge is 0.271 e. The van der Waals surface area contributed by atoms with Crippen LogP contribution >= 0.6 is 27.7 Å². The smallest absolute Gasteiger partial charge is 0.268 e. The highest BCUT2D eigenvalue weighted by molar-refractivity contribution is 9.10. The van der Waals surface area contributed by atoms with Gasteiger partial charge in [0.2, 0.25) is 0 Å². The van der Waals surface area contributed by atoms with Crippen molar-refractivity contribution >= 4 is 55.8 Å². The zero-order valence-electron chi connectivity index (χ0n) is 16.0. The minimum absolute atomic E-state index is 0.0759. The molecule has 1 saturated heterocycles. The molecule has 4 nitrogen and oxygen atoms in total. The number of aryl methyl sites for hydroxylation is 1. The monoisotopic (exact) mass is 463 g/mol. The first-order chi connectivity index (χ1) is 14.0. The van der Waals surface area contributed by atoms with Gasteiger partial charge in [-0.15, -0.1) is 0 Å². The molecule has 29 heavy (non-hydrogen) atoms. The number of amides is 1. The number of halogens is 1. The van der Waals surface area contributed by atoms with Crippen LogP contribution in [0.2, 0.25) is 0 Å². The first kappa shape index (κ1) is 19.6. The fourth-order valence-electron chi connectivity index (χ4n) is 3.00. The first-order valence-corrected chi connectivity index (χ1v) is 10.7. The number of para-hydroxylation sites is 1. The number of aromatic nitrogens is 1. The molecule has 4 rings (SSSR count). The average molecular weight is 464 g/mol. The van der Waals surface area contributed by atoms with Crippen molar-refractivity contribution in [1.82, 2.24) is 4.98 Å². The van der Waals surface area contributed by atoms with Gasteiger partial charge in [0, 0.05) is 10.2 Å². The molecule has 0 atom stereocenters. The zero-order chi connectivity index (χ0) is 20.4. The van der Waals surface area contributed by atoms with E-state index in [1.54, 1.807) is 4.90 Å². The second kappa shape index (κ2) is 8.35. The maximum atomic E-state index is 13.4. The molecule has 1 fully saturated rings. The van der Waals surface area contributed by atoms with Gasteiger partial charge in [0.25, 0.3) is 5.91 Å². The summed E-state index contributed by atoms with van der Waals surface area (Å²) in [6.45, 7) is 3.90. The molecule has 2 heterocycles. The van der Waals surface area contributed by atoms with Crippen LogP contribution in [-0.4, -0.2) is 16.1 Å². The molecule has 6 heteroatoms. The van der Waals surface area contributed by atoms with Crippen LogP contribution in [-0.2, 0) is 4.79 Å². The number of hydrogen-bond acceptors (Lipinski definition) is 4. The number of carbonyl (C=O) groups is 1. The summed E-state index contributed by atoms with van der Waals surface area (Å²) in [5.74, 6) is 0.511. The molecule has 0 spiro atoms. The molecule has 0 bridgehead atoms. The Labute approximate surface area is 182 Å². The maximum Gasteiger partial charge on any atom is 0.271 e. The van der Waals surface area contributed by atoms with Gasteiger partial charge in [-0.1, -0.05) is 52.3 Å². The van der Waals surface area contributed by atoms with Gasteiger partial charge in [-0.05, 0) is 73.1 Å². The molecular weight excluding hydrogens is 446 g/mol. The van der Waals surface area contributed by atoms with Crippen molar-refractivity contribution in [2.75, 3.05) is 4.90 Å². The van der Waals surface area contributed by atoms with Gasteiger partial charge in [-0.3, -0.25) is 9.69 Å². The van der Waals surface area contributed by atoms with Crippen molar-refractivity contribution in [3.05, 3.63) is 93.4 Å². The van der Waals surface area contributed by atoms with Crippen LogP contribution < -0.4 is 4.90 Å². The van der Waals surface area contributed by atoms with Gasteiger partial charge in [-0.25, -0.2) is 9.98 Å². The molecule has 3 aromatic rings. The van der Waals surface area contributed by atoms with Crippen molar-refractivity contribution in [2.24, 2.45) is 4.99 Å². The lowest BCUT2D eigenvalue weighted by Gasteiger charge is -2.15. The Morgan fingerprint density at radius 3 is 2.41 bits per heavy atom. The fourth-order valence-corrected chi connectivity index (χ4v) is 4.32. The number of benzene rings is 2. The Balaban J connectivity index is 1.82. The molecule has 0 radical (unpaired) electrons. The van der Waals surface area contributed by atoms with Crippen molar-refractivity contribution in [1.29, 1.82) is 0 Å². The van der Waals surface area contributed by atoms with Crippen molar-refractivity contribution < 1.29 is 4.79 Å². The van der Waals surface area contributed by atoms with Crippen molar-refractivity contribution in [2.45, 2.75) is 13.8 Å². The summed E-state index contributed by atoms with van der Waals surface area (Å²) in [5.41, 5.74) is 3.60. The number of amidine groups is 1. The van der Waals surface area contributed by atoms with Gasteiger partial charge in [-0.2, -0.15) is 0 Å². The molecule has 144 valence electrons. The van der Waals surface area contributed by atoms with E-state index in [1.807, 2.05) is 86.6 Å².